The zero-order valence-corrected chi connectivity index (χ0v) is 21.3. The van der Waals surface area contributed by atoms with Crippen LogP contribution in [-0.4, -0.2) is 63.4 Å². The number of carbonyl (C=O) groups is 3. The summed E-state index contributed by atoms with van der Waals surface area (Å²) in [5.74, 6) is -1.20. The van der Waals surface area contributed by atoms with Crippen molar-refractivity contribution in [2.45, 2.75) is 52.6 Å². The molecule has 37 heavy (non-hydrogen) atoms. The minimum absolute atomic E-state index is 0.182. The van der Waals surface area contributed by atoms with E-state index in [0.717, 1.165) is 37.0 Å². The van der Waals surface area contributed by atoms with Crippen LogP contribution in [0, 0.1) is 11.3 Å². The first kappa shape index (κ1) is 26.3. The van der Waals surface area contributed by atoms with Crippen LogP contribution in [0.2, 0.25) is 0 Å². The maximum absolute atomic E-state index is 13.4. The molecular formula is C25H33N7O5. The fourth-order valence-corrected chi connectivity index (χ4v) is 4.34. The lowest BCUT2D eigenvalue weighted by Crippen LogP contribution is -2.54. The van der Waals surface area contributed by atoms with Gasteiger partial charge in [0.1, 0.15) is 6.04 Å². The van der Waals surface area contributed by atoms with Crippen LogP contribution in [0.3, 0.4) is 0 Å². The molecule has 1 saturated heterocycles. The number of primary amides is 1. The number of hydrogen-bond donors (Lipinski definition) is 3. The molecule has 4 rings (SSSR count). The maximum atomic E-state index is 13.4. The summed E-state index contributed by atoms with van der Waals surface area (Å²) < 4.78 is 12.1. The van der Waals surface area contributed by atoms with Crippen molar-refractivity contribution in [1.82, 2.24) is 30.6 Å². The Hall–Kier alpha value is -3.80. The summed E-state index contributed by atoms with van der Waals surface area (Å²) in [6.45, 7) is 7.97. The van der Waals surface area contributed by atoms with Gasteiger partial charge in [-0.25, -0.2) is 0 Å². The Bertz CT molecular complexity index is 1270. The molecule has 12 heteroatoms. The van der Waals surface area contributed by atoms with E-state index in [-0.39, 0.29) is 36.3 Å². The number of amides is 3. The highest BCUT2D eigenvalue weighted by atomic mass is 16.5. The van der Waals surface area contributed by atoms with Crippen LogP contribution in [0.4, 0.5) is 0 Å². The van der Waals surface area contributed by atoms with Crippen LogP contribution >= 0.6 is 0 Å². The Morgan fingerprint density at radius 1 is 1.19 bits per heavy atom. The van der Waals surface area contributed by atoms with Crippen molar-refractivity contribution in [2.75, 3.05) is 19.8 Å². The molecule has 4 N–H and O–H groups in total. The number of ether oxygens (including phenoxy) is 1. The van der Waals surface area contributed by atoms with Gasteiger partial charge in [0.05, 0.1) is 5.52 Å². The third-order valence-electron chi connectivity index (χ3n) is 6.38. The molecule has 3 amide bonds. The maximum Gasteiger partial charge on any atom is 0.315 e. The fraction of sp³-hybridized carbons (Fsp3) is 0.520. The van der Waals surface area contributed by atoms with Crippen molar-refractivity contribution in [3.05, 3.63) is 41.7 Å². The Morgan fingerprint density at radius 3 is 2.59 bits per heavy atom. The fourth-order valence-electron chi connectivity index (χ4n) is 4.34. The molecule has 1 aromatic carbocycles. The molecule has 12 nitrogen and oxygen atoms in total. The van der Waals surface area contributed by atoms with Crippen molar-refractivity contribution < 1.29 is 23.6 Å². The van der Waals surface area contributed by atoms with Crippen molar-refractivity contribution >= 4 is 28.6 Å². The number of para-hydroxylation sites is 1. The Balaban J connectivity index is 1.46. The second-order valence-corrected chi connectivity index (χ2v) is 10.3. The number of rotatable bonds is 9. The molecule has 0 saturated carbocycles. The van der Waals surface area contributed by atoms with Gasteiger partial charge < -0.3 is 25.6 Å². The van der Waals surface area contributed by atoms with Gasteiger partial charge in [-0.05, 0) is 30.2 Å². The molecular weight excluding hydrogens is 478 g/mol. The summed E-state index contributed by atoms with van der Waals surface area (Å²) in [5.41, 5.74) is 5.70. The minimum Gasteiger partial charge on any atom is -0.381 e. The van der Waals surface area contributed by atoms with Gasteiger partial charge in [0.2, 0.25) is 5.91 Å². The van der Waals surface area contributed by atoms with Gasteiger partial charge in [0, 0.05) is 38.1 Å². The quantitative estimate of drug-likeness (QED) is 0.388. The number of fused-ring (bicyclic) bond motifs is 1. The average Bonchev–Trinajstić information content (AvgIpc) is 3.48. The van der Waals surface area contributed by atoms with Gasteiger partial charge in [-0.3, -0.25) is 19.1 Å². The number of carbonyl (C=O) groups excluding carboxylic acids is 3. The van der Waals surface area contributed by atoms with Crippen LogP contribution in [0.25, 0.3) is 10.9 Å². The molecule has 1 atom stereocenters. The first-order valence-electron chi connectivity index (χ1n) is 12.4. The molecule has 1 unspecified atom stereocenters. The molecule has 3 aromatic rings. The predicted molar refractivity (Wildman–Crippen MR) is 134 cm³/mol. The van der Waals surface area contributed by atoms with Crippen molar-refractivity contribution in [3.8, 4) is 0 Å². The first-order valence-corrected chi connectivity index (χ1v) is 12.4. The summed E-state index contributed by atoms with van der Waals surface area (Å²) in [6, 6.07) is 6.79. The zero-order valence-electron chi connectivity index (χ0n) is 21.3. The largest absolute Gasteiger partial charge is 0.381 e. The van der Waals surface area contributed by atoms with Crippen molar-refractivity contribution in [1.29, 1.82) is 0 Å². The van der Waals surface area contributed by atoms with E-state index in [1.807, 2.05) is 49.7 Å². The van der Waals surface area contributed by atoms with Crippen LogP contribution in [-0.2, 0) is 22.5 Å². The third-order valence-corrected chi connectivity index (χ3v) is 6.38. The van der Waals surface area contributed by atoms with E-state index in [0.29, 0.717) is 12.5 Å². The summed E-state index contributed by atoms with van der Waals surface area (Å²) in [6.07, 6.45) is 2.14. The Morgan fingerprint density at radius 2 is 1.92 bits per heavy atom. The molecule has 1 aliphatic heterocycles. The van der Waals surface area contributed by atoms with Crippen LogP contribution in [0.5, 0.6) is 0 Å². The van der Waals surface area contributed by atoms with Crippen LogP contribution < -0.4 is 16.4 Å². The van der Waals surface area contributed by atoms with Gasteiger partial charge in [-0.15, -0.1) is 0 Å². The average molecular weight is 512 g/mol. The monoisotopic (exact) mass is 511 g/mol. The normalized spacial score (nSPS) is 15.4. The summed E-state index contributed by atoms with van der Waals surface area (Å²) in [4.78, 5) is 41.5. The second kappa shape index (κ2) is 11.1. The summed E-state index contributed by atoms with van der Waals surface area (Å²) in [7, 11) is 0. The number of benzene rings is 1. The summed E-state index contributed by atoms with van der Waals surface area (Å²) in [5, 5.41) is 14.8. The number of nitrogens with two attached hydrogens (primary N) is 1. The molecule has 1 aliphatic rings. The van der Waals surface area contributed by atoms with Crippen LogP contribution in [0.15, 0.2) is 28.8 Å². The minimum atomic E-state index is -0.828. The number of nitrogens with zero attached hydrogens (tertiary/aromatic N) is 4. The topological polar surface area (TPSA) is 167 Å². The molecule has 3 heterocycles. The Labute approximate surface area is 214 Å². The molecule has 0 aliphatic carbocycles. The third kappa shape index (κ3) is 6.31. The van der Waals surface area contributed by atoms with Gasteiger partial charge in [0.25, 0.3) is 5.91 Å². The lowest BCUT2D eigenvalue weighted by Gasteiger charge is -2.30. The smallest absolute Gasteiger partial charge is 0.315 e. The molecule has 1 fully saturated rings. The molecule has 0 bridgehead atoms. The highest BCUT2D eigenvalue weighted by Gasteiger charge is 2.34. The number of aromatic nitrogens is 4. The zero-order chi connectivity index (χ0) is 26.6. The number of hydrogen-bond acceptors (Lipinski definition) is 8. The van der Waals surface area contributed by atoms with Crippen molar-refractivity contribution in [3.63, 3.8) is 0 Å². The van der Waals surface area contributed by atoms with Crippen LogP contribution in [0.1, 0.15) is 60.6 Å². The first-order chi connectivity index (χ1) is 17.6. The van der Waals surface area contributed by atoms with E-state index in [1.54, 1.807) is 0 Å². The second-order valence-electron chi connectivity index (χ2n) is 10.3. The van der Waals surface area contributed by atoms with Crippen molar-refractivity contribution in [2.24, 2.45) is 17.1 Å². The van der Waals surface area contributed by atoms with E-state index in [4.69, 9.17) is 15.0 Å². The van der Waals surface area contributed by atoms with E-state index >= 15 is 0 Å². The van der Waals surface area contributed by atoms with Gasteiger partial charge in [-0.1, -0.05) is 44.1 Å². The highest BCUT2D eigenvalue weighted by Crippen LogP contribution is 2.24. The standard InChI is InChI=1S/C25H33N7O5/c1-25(2,3)20(23(35)27-11-8-18-28-24(21(26)33)37-31-18)29-22(34)19-16-6-4-5-7-17(16)32(30-19)14-15-9-12-36-13-10-15/h4-7,15,20H,8-14H2,1-3H3,(H2,26,33)(H,27,35)(H,29,34). The predicted octanol–water partition coefficient (Wildman–Crippen LogP) is 1.45. The lowest BCUT2D eigenvalue weighted by molar-refractivity contribution is -0.125. The highest BCUT2D eigenvalue weighted by molar-refractivity contribution is 6.06. The van der Waals surface area contributed by atoms with Gasteiger partial charge in [-0.2, -0.15) is 10.1 Å². The van der Waals surface area contributed by atoms with E-state index in [1.165, 1.54) is 0 Å². The molecule has 2 aromatic heterocycles. The molecule has 0 radical (unpaired) electrons. The molecule has 198 valence electrons. The van der Waals surface area contributed by atoms with Gasteiger partial charge >= 0.3 is 11.8 Å². The van der Waals surface area contributed by atoms with E-state index < -0.39 is 23.3 Å². The van der Waals surface area contributed by atoms with E-state index in [9.17, 15) is 14.4 Å². The molecule has 0 spiro atoms. The number of nitrogens with one attached hydrogen (secondary N) is 2. The van der Waals surface area contributed by atoms with Gasteiger partial charge in [0.15, 0.2) is 11.5 Å². The summed E-state index contributed by atoms with van der Waals surface area (Å²) >= 11 is 0. The SMILES string of the molecule is CC(C)(C)C(NC(=O)c1nn(CC2CCOCC2)c2ccccc12)C(=O)NCCc1noc(C(N)=O)n1. The lowest BCUT2D eigenvalue weighted by atomic mass is 9.86. The van der Waals surface area contributed by atoms with E-state index in [2.05, 4.69) is 25.9 Å². The Kier molecular flexibility index (Phi) is 7.86.